The number of carbonyl (C=O) groups is 1. The second-order valence-corrected chi connectivity index (χ2v) is 6.00. The average Bonchev–Trinajstić information content (AvgIpc) is 2.81. The van der Waals surface area contributed by atoms with E-state index in [1.54, 1.807) is 17.8 Å². The van der Waals surface area contributed by atoms with Gasteiger partial charge in [0.25, 0.3) is 0 Å². The maximum absolute atomic E-state index is 12.4. The number of carbonyl (C=O) groups excluding carboxylic acids is 1. The minimum atomic E-state index is -0.168. The fourth-order valence-corrected chi connectivity index (χ4v) is 3.63. The lowest BCUT2D eigenvalue weighted by Gasteiger charge is -2.11. The Morgan fingerprint density at radius 3 is 3.00 bits per heavy atom. The van der Waals surface area contributed by atoms with Crippen LogP contribution in [-0.2, 0) is 4.79 Å². The van der Waals surface area contributed by atoms with E-state index in [1.807, 2.05) is 31.2 Å². The summed E-state index contributed by atoms with van der Waals surface area (Å²) in [6, 6.07) is 9.61. The van der Waals surface area contributed by atoms with Crippen molar-refractivity contribution in [3.05, 3.63) is 46.7 Å². The van der Waals surface area contributed by atoms with Crippen molar-refractivity contribution in [1.82, 2.24) is 9.97 Å². The quantitative estimate of drug-likeness (QED) is 0.865. The maximum Gasteiger partial charge on any atom is 0.235 e. The fraction of sp³-hybridized carbons (Fsp3) is 0.214. The summed E-state index contributed by atoms with van der Waals surface area (Å²) < 4.78 is 0. The Balaban J connectivity index is 1.81. The normalized spacial score (nSPS) is 16.8. The molecule has 0 radical (unpaired) electrons. The number of hydrogen-bond acceptors (Lipinski definition) is 4. The van der Waals surface area contributed by atoms with Gasteiger partial charge in [0, 0.05) is 16.3 Å². The molecule has 0 spiro atoms. The van der Waals surface area contributed by atoms with Crippen LogP contribution in [0.4, 0.5) is 5.95 Å². The van der Waals surface area contributed by atoms with Crippen molar-refractivity contribution in [2.24, 2.45) is 0 Å². The first-order chi connectivity index (χ1) is 9.63. The fourth-order valence-electron chi connectivity index (χ4n) is 2.16. The van der Waals surface area contributed by atoms with Crippen LogP contribution in [0.5, 0.6) is 0 Å². The molecular weight excluding hydrogens is 294 g/mol. The summed E-state index contributed by atoms with van der Waals surface area (Å²) >= 11 is 7.56. The van der Waals surface area contributed by atoms with E-state index in [1.165, 1.54) is 0 Å². The number of fused-ring (bicyclic) bond motifs is 1. The van der Waals surface area contributed by atoms with Crippen molar-refractivity contribution >= 4 is 35.2 Å². The lowest BCUT2D eigenvalue weighted by Crippen LogP contribution is -2.22. The van der Waals surface area contributed by atoms with E-state index in [4.69, 9.17) is 11.6 Å². The van der Waals surface area contributed by atoms with Gasteiger partial charge in [-0.05, 0) is 24.6 Å². The van der Waals surface area contributed by atoms with E-state index in [2.05, 4.69) is 15.3 Å². The molecule has 1 N–H and O–H groups in total. The summed E-state index contributed by atoms with van der Waals surface area (Å²) in [5, 5.41) is 3.08. The summed E-state index contributed by atoms with van der Waals surface area (Å²) in [5.41, 5.74) is 1.79. The monoisotopic (exact) mass is 305 g/mol. The molecule has 1 aliphatic heterocycles. The third-order valence-corrected chi connectivity index (χ3v) is 4.45. The number of thioether (sulfide) groups is 1. The third-order valence-electron chi connectivity index (χ3n) is 3.07. The van der Waals surface area contributed by atoms with Gasteiger partial charge in [-0.3, -0.25) is 10.1 Å². The Morgan fingerprint density at radius 2 is 2.20 bits per heavy atom. The van der Waals surface area contributed by atoms with Crippen LogP contribution in [0.3, 0.4) is 0 Å². The number of anilines is 1. The molecule has 3 rings (SSSR count). The van der Waals surface area contributed by atoms with Crippen LogP contribution in [0.2, 0.25) is 5.15 Å². The molecule has 1 amide bonds. The van der Waals surface area contributed by atoms with Crippen molar-refractivity contribution in [3.63, 3.8) is 0 Å². The lowest BCUT2D eigenvalue weighted by atomic mass is 10.0. The molecule has 2 aromatic rings. The van der Waals surface area contributed by atoms with Crippen LogP contribution >= 0.6 is 23.4 Å². The lowest BCUT2D eigenvalue weighted by molar-refractivity contribution is -0.117. The maximum atomic E-state index is 12.4. The smallest absolute Gasteiger partial charge is 0.235 e. The largest absolute Gasteiger partial charge is 0.294 e. The molecule has 4 nitrogen and oxygen atoms in total. The van der Waals surface area contributed by atoms with Gasteiger partial charge in [0.15, 0.2) is 0 Å². The number of amides is 1. The molecule has 0 saturated heterocycles. The van der Waals surface area contributed by atoms with Gasteiger partial charge >= 0.3 is 0 Å². The molecule has 6 heteroatoms. The second-order valence-electron chi connectivity index (χ2n) is 4.55. The van der Waals surface area contributed by atoms with Crippen LogP contribution in [0, 0.1) is 6.92 Å². The summed E-state index contributed by atoms with van der Waals surface area (Å²) in [6.07, 6.45) is 0. The minimum Gasteiger partial charge on any atom is -0.294 e. The molecule has 1 aliphatic rings. The molecule has 1 atom stereocenters. The van der Waals surface area contributed by atoms with Crippen molar-refractivity contribution in [2.45, 2.75) is 17.7 Å². The Morgan fingerprint density at radius 1 is 1.40 bits per heavy atom. The van der Waals surface area contributed by atoms with Crippen LogP contribution in [0.25, 0.3) is 0 Å². The average molecular weight is 306 g/mol. The summed E-state index contributed by atoms with van der Waals surface area (Å²) in [4.78, 5) is 21.7. The van der Waals surface area contributed by atoms with E-state index in [-0.39, 0.29) is 17.8 Å². The summed E-state index contributed by atoms with van der Waals surface area (Å²) in [6.45, 7) is 1.81. The van der Waals surface area contributed by atoms with Gasteiger partial charge in [-0.1, -0.05) is 29.8 Å². The first-order valence-electron chi connectivity index (χ1n) is 6.17. The molecule has 1 unspecified atom stereocenters. The number of nitrogens with zero attached hydrogens (tertiary/aromatic N) is 2. The molecule has 0 fully saturated rings. The first-order valence-corrected chi connectivity index (χ1v) is 7.53. The van der Waals surface area contributed by atoms with Gasteiger partial charge < -0.3 is 0 Å². The highest BCUT2D eigenvalue weighted by atomic mass is 35.5. The zero-order valence-electron chi connectivity index (χ0n) is 10.8. The SMILES string of the molecule is Cc1cc(Cl)nc(NC(=O)C2CSc3ccccc32)n1. The third kappa shape index (κ3) is 2.64. The minimum absolute atomic E-state index is 0.0934. The molecule has 1 aromatic heterocycles. The standard InChI is InChI=1S/C14H12ClN3OS/c1-8-6-12(15)17-14(16-8)18-13(19)10-7-20-11-5-3-2-4-9(10)11/h2-6,10H,7H2,1H3,(H,16,17,18,19). The van der Waals surface area contributed by atoms with Gasteiger partial charge in [0.1, 0.15) is 5.15 Å². The Hall–Kier alpha value is -1.59. The number of benzene rings is 1. The highest BCUT2D eigenvalue weighted by Gasteiger charge is 2.29. The molecule has 0 saturated carbocycles. The number of hydrogen-bond donors (Lipinski definition) is 1. The predicted molar refractivity (Wildman–Crippen MR) is 80.3 cm³/mol. The van der Waals surface area contributed by atoms with Crippen LogP contribution < -0.4 is 5.32 Å². The van der Waals surface area contributed by atoms with Crippen molar-refractivity contribution in [1.29, 1.82) is 0 Å². The zero-order chi connectivity index (χ0) is 14.1. The van der Waals surface area contributed by atoms with Gasteiger partial charge in [-0.15, -0.1) is 11.8 Å². The van der Waals surface area contributed by atoms with Gasteiger partial charge in [-0.25, -0.2) is 9.97 Å². The van der Waals surface area contributed by atoms with Gasteiger partial charge in [-0.2, -0.15) is 0 Å². The van der Waals surface area contributed by atoms with E-state index >= 15 is 0 Å². The Labute approximate surface area is 126 Å². The summed E-state index contributed by atoms with van der Waals surface area (Å²) in [5.74, 6) is 0.739. The van der Waals surface area contributed by atoms with E-state index in [0.717, 1.165) is 21.9 Å². The summed E-state index contributed by atoms with van der Waals surface area (Å²) in [7, 11) is 0. The molecule has 20 heavy (non-hydrogen) atoms. The van der Waals surface area contributed by atoms with E-state index in [0.29, 0.717) is 5.15 Å². The predicted octanol–water partition coefficient (Wildman–Crippen LogP) is 3.27. The Kier molecular flexibility index (Phi) is 3.63. The topological polar surface area (TPSA) is 54.9 Å². The molecular formula is C14H12ClN3OS. The number of aryl methyl sites for hydroxylation is 1. The number of rotatable bonds is 2. The Bertz CT molecular complexity index is 657. The van der Waals surface area contributed by atoms with Crippen LogP contribution in [-0.4, -0.2) is 21.6 Å². The first kappa shape index (κ1) is 13.4. The highest BCUT2D eigenvalue weighted by Crippen LogP contribution is 2.39. The number of nitrogens with one attached hydrogen (secondary N) is 1. The molecule has 102 valence electrons. The van der Waals surface area contributed by atoms with Crippen LogP contribution in [0.1, 0.15) is 17.2 Å². The molecule has 2 heterocycles. The molecule has 0 aliphatic carbocycles. The number of halogens is 1. The zero-order valence-corrected chi connectivity index (χ0v) is 12.3. The second kappa shape index (κ2) is 5.42. The van der Waals surface area contributed by atoms with Crippen molar-refractivity contribution in [3.8, 4) is 0 Å². The highest BCUT2D eigenvalue weighted by molar-refractivity contribution is 7.99. The van der Waals surface area contributed by atoms with E-state index in [9.17, 15) is 4.79 Å². The van der Waals surface area contributed by atoms with Gasteiger partial charge in [0.05, 0.1) is 5.92 Å². The van der Waals surface area contributed by atoms with Crippen molar-refractivity contribution < 1.29 is 4.79 Å². The van der Waals surface area contributed by atoms with E-state index < -0.39 is 0 Å². The number of aromatic nitrogens is 2. The molecule has 0 bridgehead atoms. The van der Waals surface area contributed by atoms with Crippen molar-refractivity contribution in [2.75, 3.05) is 11.1 Å². The molecule has 1 aromatic carbocycles. The van der Waals surface area contributed by atoms with Crippen LogP contribution in [0.15, 0.2) is 35.2 Å². The van der Waals surface area contributed by atoms with Gasteiger partial charge in [0.2, 0.25) is 11.9 Å².